The first kappa shape index (κ1) is 15.5. The molecule has 1 aliphatic rings. The van der Waals surface area contributed by atoms with Crippen molar-refractivity contribution in [2.75, 3.05) is 30.3 Å². The van der Waals surface area contributed by atoms with Gasteiger partial charge in [0.1, 0.15) is 11.9 Å². The molecular weight excluding hydrogens is 266 g/mol. The molecule has 2 rings (SSSR count). The molecule has 1 aromatic rings. The smallest absolute Gasteiger partial charge is 0.244 e. The Labute approximate surface area is 126 Å². The lowest BCUT2D eigenvalue weighted by molar-refractivity contribution is -0.132. The molecule has 1 unspecified atom stereocenters. The fraction of sp³-hybridized carbons (Fsp3) is 0.667. The minimum Gasteiger partial charge on any atom is -0.358 e. The first-order chi connectivity index (χ1) is 10.2. The number of hydrogen-bond acceptors (Lipinski definition) is 5. The number of carbonyl (C=O) groups excluding carboxylic acids is 1. The van der Waals surface area contributed by atoms with Gasteiger partial charge in [-0.25, -0.2) is 4.98 Å². The largest absolute Gasteiger partial charge is 0.358 e. The highest BCUT2D eigenvalue weighted by atomic mass is 16.2. The van der Waals surface area contributed by atoms with Gasteiger partial charge >= 0.3 is 0 Å². The number of anilines is 2. The third kappa shape index (κ3) is 4.58. The van der Waals surface area contributed by atoms with E-state index in [1.807, 2.05) is 11.8 Å². The quantitative estimate of drug-likeness (QED) is 0.840. The van der Waals surface area contributed by atoms with Crippen molar-refractivity contribution >= 4 is 17.7 Å². The highest BCUT2D eigenvalue weighted by Gasteiger charge is 2.22. The highest BCUT2D eigenvalue weighted by Crippen LogP contribution is 2.12. The van der Waals surface area contributed by atoms with Crippen LogP contribution in [-0.2, 0) is 4.79 Å². The van der Waals surface area contributed by atoms with Crippen LogP contribution in [0.25, 0.3) is 0 Å². The Kier molecular flexibility index (Phi) is 5.78. The van der Waals surface area contributed by atoms with Gasteiger partial charge in [0.05, 0.1) is 0 Å². The van der Waals surface area contributed by atoms with Gasteiger partial charge in [-0.05, 0) is 38.7 Å². The number of amides is 1. The van der Waals surface area contributed by atoms with E-state index < -0.39 is 0 Å². The van der Waals surface area contributed by atoms with Crippen molar-refractivity contribution in [1.82, 2.24) is 14.9 Å². The van der Waals surface area contributed by atoms with E-state index in [4.69, 9.17) is 0 Å². The number of nitrogens with one attached hydrogen (secondary N) is 2. The molecule has 116 valence electrons. The Bertz CT molecular complexity index is 459. The maximum absolute atomic E-state index is 12.4. The van der Waals surface area contributed by atoms with Gasteiger partial charge in [0.25, 0.3) is 0 Å². The van der Waals surface area contributed by atoms with Gasteiger partial charge in [-0.2, -0.15) is 4.98 Å². The van der Waals surface area contributed by atoms with Crippen molar-refractivity contribution in [2.45, 2.75) is 45.6 Å². The van der Waals surface area contributed by atoms with Crippen LogP contribution in [-0.4, -0.2) is 46.5 Å². The molecule has 1 aliphatic heterocycles. The zero-order valence-corrected chi connectivity index (χ0v) is 12.9. The van der Waals surface area contributed by atoms with E-state index in [0.717, 1.165) is 38.9 Å². The van der Waals surface area contributed by atoms with Crippen molar-refractivity contribution in [3.63, 3.8) is 0 Å². The third-order valence-electron chi connectivity index (χ3n) is 3.59. The Morgan fingerprint density at radius 3 is 2.86 bits per heavy atom. The number of carbonyl (C=O) groups is 1. The summed E-state index contributed by atoms with van der Waals surface area (Å²) in [4.78, 5) is 22.8. The van der Waals surface area contributed by atoms with Gasteiger partial charge in [-0.3, -0.25) is 4.79 Å². The monoisotopic (exact) mass is 291 g/mol. The van der Waals surface area contributed by atoms with Crippen molar-refractivity contribution in [3.8, 4) is 0 Å². The standard InChI is InChI=1S/C15H25N5O/c1-3-8-16-15-17-9-7-13(19-15)18-12(2)14(21)20-10-5-4-6-11-20/h7,9,12H,3-6,8,10-11H2,1-2H3,(H2,16,17,18,19). The molecule has 2 N–H and O–H groups in total. The highest BCUT2D eigenvalue weighted by molar-refractivity contribution is 5.84. The molecule has 0 spiro atoms. The normalized spacial score (nSPS) is 16.4. The second kappa shape index (κ2) is 7.81. The van der Waals surface area contributed by atoms with E-state index in [1.165, 1.54) is 6.42 Å². The number of likely N-dealkylation sites (tertiary alicyclic amines) is 1. The topological polar surface area (TPSA) is 70.2 Å². The fourth-order valence-electron chi connectivity index (χ4n) is 2.43. The first-order valence-corrected chi connectivity index (χ1v) is 7.83. The second-order valence-electron chi connectivity index (χ2n) is 5.44. The van der Waals surface area contributed by atoms with Gasteiger partial charge in [0.15, 0.2) is 0 Å². The van der Waals surface area contributed by atoms with Crippen LogP contribution in [0.4, 0.5) is 11.8 Å². The van der Waals surface area contributed by atoms with E-state index in [9.17, 15) is 4.79 Å². The van der Waals surface area contributed by atoms with Crippen LogP contribution in [0.3, 0.4) is 0 Å². The average Bonchev–Trinajstić information content (AvgIpc) is 2.53. The summed E-state index contributed by atoms with van der Waals surface area (Å²) in [5.41, 5.74) is 0. The number of hydrogen-bond donors (Lipinski definition) is 2. The van der Waals surface area contributed by atoms with E-state index in [-0.39, 0.29) is 11.9 Å². The molecule has 0 aliphatic carbocycles. The lowest BCUT2D eigenvalue weighted by atomic mass is 10.1. The first-order valence-electron chi connectivity index (χ1n) is 7.83. The van der Waals surface area contributed by atoms with E-state index in [2.05, 4.69) is 27.5 Å². The summed E-state index contributed by atoms with van der Waals surface area (Å²) < 4.78 is 0. The summed E-state index contributed by atoms with van der Waals surface area (Å²) in [7, 11) is 0. The summed E-state index contributed by atoms with van der Waals surface area (Å²) in [5.74, 6) is 1.43. The predicted molar refractivity (Wildman–Crippen MR) is 84.3 cm³/mol. The SMILES string of the molecule is CCCNc1nccc(NC(C)C(=O)N2CCCCC2)n1. The van der Waals surface area contributed by atoms with Crippen LogP contribution in [0, 0.1) is 0 Å². The summed E-state index contributed by atoms with van der Waals surface area (Å²) in [6.45, 7) is 6.56. The molecule has 6 nitrogen and oxygen atoms in total. The third-order valence-corrected chi connectivity index (χ3v) is 3.59. The number of aromatic nitrogens is 2. The van der Waals surface area contributed by atoms with Crippen molar-refractivity contribution in [3.05, 3.63) is 12.3 Å². The van der Waals surface area contributed by atoms with Gasteiger partial charge in [-0.15, -0.1) is 0 Å². The van der Waals surface area contributed by atoms with Crippen molar-refractivity contribution in [1.29, 1.82) is 0 Å². The molecule has 2 heterocycles. The van der Waals surface area contributed by atoms with Gasteiger partial charge in [-0.1, -0.05) is 6.92 Å². The number of rotatable bonds is 6. The molecule has 1 atom stereocenters. The van der Waals surface area contributed by atoms with Crippen LogP contribution in [0.1, 0.15) is 39.5 Å². The molecule has 1 aromatic heterocycles. The minimum atomic E-state index is -0.267. The van der Waals surface area contributed by atoms with Crippen LogP contribution in [0.15, 0.2) is 12.3 Å². The second-order valence-corrected chi connectivity index (χ2v) is 5.44. The summed E-state index contributed by atoms with van der Waals surface area (Å²) in [6, 6.07) is 1.52. The average molecular weight is 291 g/mol. The van der Waals surface area contributed by atoms with E-state index in [0.29, 0.717) is 11.8 Å². The van der Waals surface area contributed by atoms with Gasteiger partial charge in [0.2, 0.25) is 11.9 Å². The molecule has 1 fully saturated rings. The Hall–Kier alpha value is -1.85. The van der Waals surface area contributed by atoms with Gasteiger partial charge < -0.3 is 15.5 Å². The zero-order chi connectivity index (χ0) is 15.1. The molecule has 0 radical (unpaired) electrons. The predicted octanol–water partition coefficient (Wildman–Crippen LogP) is 2.11. The Balaban J connectivity index is 1.91. The summed E-state index contributed by atoms with van der Waals surface area (Å²) in [6.07, 6.45) is 6.16. The molecule has 6 heteroatoms. The molecule has 1 saturated heterocycles. The van der Waals surface area contributed by atoms with E-state index >= 15 is 0 Å². The molecular formula is C15H25N5O. The number of nitrogens with zero attached hydrogens (tertiary/aromatic N) is 3. The van der Waals surface area contributed by atoms with Crippen LogP contribution in [0.5, 0.6) is 0 Å². The van der Waals surface area contributed by atoms with E-state index in [1.54, 1.807) is 12.3 Å². The molecule has 0 bridgehead atoms. The molecule has 0 aromatic carbocycles. The van der Waals surface area contributed by atoms with Crippen LogP contribution >= 0.6 is 0 Å². The molecule has 0 saturated carbocycles. The summed E-state index contributed by atoms with van der Waals surface area (Å²) in [5, 5.41) is 6.32. The lowest BCUT2D eigenvalue weighted by Crippen LogP contribution is -2.44. The zero-order valence-electron chi connectivity index (χ0n) is 12.9. The van der Waals surface area contributed by atoms with Crippen molar-refractivity contribution in [2.24, 2.45) is 0 Å². The van der Waals surface area contributed by atoms with Crippen molar-refractivity contribution < 1.29 is 4.79 Å². The number of piperidine rings is 1. The maximum Gasteiger partial charge on any atom is 0.244 e. The Morgan fingerprint density at radius 2 is 2.14 bits per heavy atom. The van der Waals surface area contributed by atoms with Gasteiger partial charge in [0, 0.05) is 25.8 Å². The maximum atomic E-state index is 12.4. The Morgan fingerprint density at radius 1 is 1.38 bits per heavy atom. The molecule has 21 heavy (non-hydrogen) atoms. The molecule has 1 amide bonds. The summed E-state index contributed by atoms with van der Waals surface area (Å²) >= 11 is 0. The van der Waals surface area contributed by atoms with Crippen LogP contribution in [0.2, 0.25) is 0 Å². The minimum absolute atomic E-state index is 0.149. The fourth-order valence-corrected chi connectivity index (χ4v) is 2.43. The lowest BCUT2D eigenvalue weighted by Gasteiger charge is -2.29. The van der Waals surface area contributed by atoms with Crippen LogP contribution < -0.4 is 10.6 Å².